The van der Waals surface area contributed by atoms with E-state index in [0.717, 1.165) is 36.0 Å². The van der Waals surface area contributed by atoms with Crippen molar-refractivity contribution in [3.05, 3.63) is 59.4 Å². The number of amides is 3. The average molecular weight is 418 g/mol. The van der Waals surface area contributed by atoms with Crippen molar-refractivity contribution in [1.82, 2.24) is 15.2 Å². The van der Waals surface area contributed by atoms with E-state index in [-0.39, 0.29) is 23.5 Å². The number of pyridine rings is 1. The van der Waals surface area contributed by atoms with E-state index >= 15 is 0 Å². The van der Waals surface area contributed by atoms with E-state index in [9.17, 15) is 22.8 Å². The van der Waals surface area contributed by atoms with Gasteiger partial charge in [0.2, 0.25) is 0 Å². The maximum Gasteiger partial charge on any atom is 0.433 e. The average Bonchev–Trinajstić information content (AvgIpc) is 3.18. The number of halogens is 3. The zero-order valence-electron chi connectivity index (χ0n) is 16.2. The predicted octanol–water partition coefficient (Wildman–Crippen LogP) is 3.48. The van der Waals surface area contributed by atoms with Crippen LogP contribution in [0.2, 0.25) is 0 Å². The predicted molar refractivity (Wildman–Crippen MR) is 104 cm³/mol. The number of hydrogen-bond acceptors (Lipinski definition) is 3. The highest BCUT2D eigenvalue weighted by Crippen LogP contribution is 2.28. The van der Waals surface area contributed by atoms with Crippen LogP contribution >= 0.6 is 0 Å². The number of likely N-dealkylation sites (tertiary alicyclic amines) is 1. The van der Waals surface area contributed by atoms with Crippen LogP contribution in [0.1, 0.15) is 34.5 Å². The number of fused-ring (bicyclic) bond motifs is 1. The van der Waals surface area contributed by atoms with Crippen molar-refractivity contribution >= 4 is 17.6 Å². The van der Waals surface area contributed by atoms with Crippen LogP contribution in [0.25, 0.3) is 0 Å². The van der Waals surface area contributed by atoms with E-state index in [1.807, 2.05) is 24.3 Å². The number of carbonyl (C=O) groups excluding carboxylic acids is 2. The molecule has 0 aliphatic carbocycles. The molecule has 1 fully saturated rings. The Morgan fingerprint density at radius 3 is 2.43 bits per heavy atom. The molecule has 2 aliphatic heterocycles. The normalized spacial score (nSPS) is 17.0. The quantitative estimate of drug-likeness (QED) is 0.812. The highest BCUT2D eigenvalue weighted by Gasteiger charge is 2.33. The zero-order chi connectivity index (χ0) is 21.3. The highest BCUT2D eigenvalue weighted by molar-refractivity contribution is 5.95. The molecule has 3 amide bonds. The van der Waals surface area contributed by atoms with Crippen molar-refractivity contribution in [3.63, 3.8) is 0 Å². The molecular formula is C21H21F3N4O2. The number of rotatable bonds is 2. The van der Waals surface area contributed by atoms with Crippen molar-refractivity contribution in [1.29, 1.82) is 0 Å². The molecule has 0 spiro atoms. The molecule has 0 bridgehead atoms. The minimum absolute atomic E-state index is 0.0555. The van der Waals surface area contributed by atoms with Crippen LogP contribution in [0.5, 0.6) is 0 Å². The standard InChI is InChI=1S/C21H21F3N4O2/c22-21(23,24)18-6-5-15(13-25-18)19(29)27-10-8-16(9-11-27)26-20(30)28-12-7-14-3-1-2-4-17(14)28/h1-6,13,16H,7-12H2,(H,26,30). The fourth-order valence-electron chi connectivity index (χ4n) is 3.90. The Labute approximate surface area is 171 Å². The maximum absolute atomic E-state index is 12.7. The number of anilines is 1. The van der Waals surface area contributed by atoms with Gasteiger partial charge in [0.1, 0.15) is 5.69 Å². The number of benzene rings is 1. The first kappa shape index (κ1) is 20.2. The molecule has 1 saturated heterocycles. The van der Waals surface area contributed by atoms with Gasteiger partial charge in [-0.25, -0.2) is 4.79 Å². The molecule has 1 aromatic heterocycles. The van der Waals surface area contributed by atoms with Gasteiger partial charge in [0.15, 0.2) is 0 Å². The van der Waals surface area contributed by atoms with Gasteiger partial charge in [-0.05, 0) is 43.0 Å². The van der Waals surface area contributed by atoms with E-state index in [4.69, 9.17) is 0 Å². The first-order valence-electron chi connectivity index (χ1n) is 9.81. The van der Waals surface area contributed by atoms with Crippen LogP contribution in [0, 0.1) is 0 Å². The van der Waals surface area contributed by atoms with Crippen molar-refractivity contribution < 1.29 is 22.8 Å². The van der Waals surface area contributed by atoms with Crippen LogP contribution in [0.4, 0.5) is 23.7 Å². The minimum atomic E-state index is -4.53. The van der Waals surface area contributed by atoms with Crippen LogP contribution in [0.3, 0.4) is 0 Å². The summed E-state index contributed by atoms with van der Waals surface area (Å²) < 4.78 is 37.9. The Kier molecular flexibility index (Phi) is 5.36. The Bertz CT molecular complexity index is 938. The number of alkyl halides is 3. The van der Waals surface area contributed by atoms with Crippen LogP contribution in [0.15, 0.2) is 42.6 Å². The van der Waals surface area contributed by atoms with E-state index in [0.29, 0.717) is 32.5 Å². The van der Waals surface area contributed by atoms with Gasteiger partial charge in [-0.1, -0.05) is 18.2 Å². The summed E-state index contributed by atoms with van der Waals surface area (Å²) in [5.74, 6) is -0.352. The molecule has 158 valence electrons. The Morgan fingerprint density at radius 2 is 1.77 bits per heavy atom. The van der Waals surface area contributed by atoms with Crippen LogP contribution in [-0.4, -0.2) is 47.5 Å². The van der Waals surface area contributed by atoms with Gasteiger partial charge < -0.3 is 10.2 Å². The van der Waals surface area contributed by atoms with Gasteiger partial charge in [-0.15, -0.1) is 0 Å². The molecule has 0 atom stereocenters. The first-order chi connectivity index (χ1) is 14.3. The molecule has 4 rings (SSSR count). The summed E-state index contributed by atoms with van der Waals surface area (Å²) in [5, 5.41) is 3.04. The number of piperidine rings is 1. The number of urea groups is 1. The van der Waals surface area contributed by atoms with Crippen molar-refractivity contribution in [2.24, 2.45) is 0 Å². The van der Waals surface area contributed by atoms with Crippen LogP contribution < -0.4 is 10.2 Å². The third-order valence-corrected chi connectivity index (χ3v) is 5.54. The summed E-state index contributed by atoms with van der Waals surface area (Å²) in [6.45, 7) is 1.48. The summed E-state index contributed by atoms with van der Waals surface area (Å²) in [7, 11) is 0. The van der Waals surface area contributed by atoms with Gasteiger partial charge in [0.25, 0.3) is 5.91 Å². The second kappa shape index (κ2) is 7.97. The van der Waals surface area contributed by atoms with Crippen molar-refractivity contribution in [2.45, 2.75) is 31.5 Å². The lowest BCUT2D eigenvalue weighted by atomic mass is 10.0. The molecule has 0 saturated carbocycles. The van der Waals surface area contributed by atoms with Crippen LogP contribution in [-0.2, 0) is 12.6 Å². The molecule has 3 heterocycles. The number of nitrogens with one attached hydrogen (secondary N) is 1. The molecular weight excluding hydrogens is 397 g/mol. The monoisotopic (exact) mass is 418 g/mol. The molecule has 30 heavy (non-hydrogen) atoms. The molecule has 9 heteroatoms. The van der Waals surface area contributed by atoms with E-state index < -0.39 is 11.9 Å². The molecule has 0 unspecified atom stereocenters. The largest absolute Gasteiger partial charge is 0.433 e. The topological polar surface area (TPSA) is 65.5 Å². The molecule has 1 N–H and O–H groups in total. The number of aromatic nitrogens is 1. The summed E-state index contributed by atoms with van der Waals surface area (Å²) in [5.41, 5.74) is 1.18. The lowest BCUT2D eigenvalue weighted by Gasteiger charge is -2.33. The lowest BCUT2D eigenvalue weighted by Crippen LogP contribution is -2.50. The maximum atomic E-state index is 12.7. The van der Waals surface area contributed by atoms with Crippen molar-refractivity contribution in [2.75, 3.05) is 24.5 Å². The van der Waals surface area contributed by atoms with Crippen molar-refractivity contribution in [3.8, 4) is 0 Å². The molecule has 2 aliphatic rings. The number of para-hydroxylation sites is 1. The third-order valence-electron chi connectivity index (χ3n) is 5.54. The smallest absolute Gasteiger partial charge is 0.338 e. The summed E-state index contributed by atoms with van der Waals surface area (Å²) in [6, 6.07) is 9.58. The third kappa shape index (κ3) is 4.10. The van der Waals surface area contributed by atoms with E-state index in [1.165, 1.54) is 0 Å². The Hall–Kier alpha value is -3.10. The summed E-state index contributed by atoms with van der Waals surface area (Å²) in [6.07, 6.45) is -1.57. The fourth-order valence-corrected chi connectivity index (χ4v) is 3.90. The first-order valence-corrected chi connectivity index (χ1v) is 9.81. The zero-order valence-corrected chi connectivity index (χ0v) is 16.2. The van der Waals surface area contributed by atoms with Gasteiger partial charge >= 0.3 is 12.2 Å². The van der Waals surface area contributed by atoms with Gasteiger partial charge in [-0.2, -0.15) is 13.2 Å². The fraction of sp³-hybridized carbons (Fsp3) is 0.381. The minimum Gasteiger partial charge on any atom is -0.338 e. The van der Waals surface area contributed by atoms with Gasteiger partial charge in [0, 0.05) is 37.6 Å². The number of carbonyl (C=O) groups is 2. The second-order valence-corrected chi connectivity index (χ2v) is 7.48. The summed E-state index contributed by atoms with van der Waals surface area (Å²) in [4.78, 5) is 31.9. The summed E-state index contributed by atoms with van der Waals surface area (Å²) >= 11 is 0. The molecule has 6 nitrogen and oxygen atoms in total. The molecule has 2 aromatic rings. The van der Waals surface area contributed by atoms with E-state index in [2.05, 4.69) is 10.3 Å². The molecule has 1 aromatic carbocycles. The van der Waals surface area contributed by atoms with Gasteiger partial charge in [-0.3, -0.25) is 14.7 Å². The highest BCUT2D eigenvalue weighted by atomic mass is 19.4. The second-order valence-electron chi connectivity index (χ2n) is 7.48. The lowest BCUT2D eigenvalue weighted by molar-refractivity contribution is -0.141. The Morgan fingerprint density at radius 1 is 1.03 bits per heavy atom. The number of hydrogen-bond donors (Lipinski definition) is 1. The van der Waals surface area contributed by atoms with E-state index in [1.54, 1.807) is 9.80 Å². The van der Waals surface area contributed by atoms with Gasteiger partial charge in [0.05, 0.1) is 5.56 Å². The Balaban J connectivity index is 1.31. The SMILES string of the molecule is O=C(c1ccc(C(F)(F)F)nc1)N1CCC(NC(=O)N2CCc3ccccc32)CC1. The number of nitrogens with zero attached hydrogens (tertiary/aromatic N) is 3. The molecule has 0 radical (unpaired) electrons.